The maximum Gasteiger partial charge on any atom is 0.103 e. The Morgan fingerprint density at radius 2 is 1.91 bits per heavy atom. The van der Waals surface area contributed by atoms with Crippen molar-refractivity contribution in [1.82, 2.24) is 0 Å². The van der Waals surface area contributed by atoms with Gasteiger partial charge in [0.05, 0.1) is 15.8 Å². The van der Waals surface area contributed by atoms with Crippen LogP contribution in [0, 0.1) is 11.3 Å². The number of rotatable bonds is 3. The summed E-state index contributed by atoms with van der Waals surface area (Å²) >= 11 is 2.46. The molecule has 0 aliphatic carbocycles. The molecule has 0 aromatic carbocycles. The third-order valence-corrected chi connectivity index (χ3v) is 3.04. The van der Waals surface area contributed by atoms with E-state index in [-0.39, 0.29) is 5.57 Å². The molecule has 0 N–H and O–H groups in total. The summed E-state index contributed by atoms with van der Waals surface area (Å²) in [6, 6.07) is 1.58. The van der Waals surface area contributed by atoms with E-state index in [1.165, 1.54) is 23.5 Å². The lowest BCUT2D eigenvalue weighted by Gasteiger charge is -2.04. The van der Waals surface area contributed by atoms with Gasteiger partial charge in [-0.1, -0.05) is 0 Å². The molecule has 0 bridgehead atoms. The van der Waals surface area contributed by atoms with Crippen LogP contribution in [0.15, 0.2) is 9.81 Å². The molecule has 0 amide bonds. The van der Waals surface area contributed by atoms with Gasteiger partial charge in [0.25, 0.3) is 0 Å². The summed E-state index contributed by atoms with van der Waals surface area (Å²) in [6.45, 7) is 0. The van der Waals surface area contributed by atoms with Crippen molar-refractivity contribution in [3.05, 3.63) is 9.81 Å². The van der Waals surface area contributed by atoms with Crippen LogP contribution < -0.4 is 5.11 Å². The first-order valence-corrected chi connectivity index (χ1v) is 5.06. The molecule has 0 radical (unpaired) electrons. The molecule has 0 fully saturated rings. The summed E-state index contributed by atoms with van der Waals surface area (Å²) in [5, 5.41) is 18.6. The Labute approximate surface area is 73.5 Å². The average Bonchev–Trinajstić information content (AvgIpc) is 1.99. The Balaban J connectivity index is 4.82. The largest absolute Gasteiger partial charge is 0.544 e. The second-order valence-electron chi connectivity index (χ2n) is 1.47. The van der Waals surface area contributed by atoms with Crippen molar-refractivity contribution in [2.45, 2.75) is 0 Å². The summed E-state index contributed by atoms with van der Waals surface area (Å²) in [4.78, 5) is 10.3. The van der Waals surface area contributed by atoms with Gasteiger partial charge in [-0.05, 0) is 12.5 Å². The minimum atomic E-state index is -1.41. The summed E-state index contributed by atoms with van der Waals surface area (Å²) in [6.07, 6.45) is 3.43. The minimum Gasteiger partial charge on any atom is -0.544 e. The molecule has 3 nitrogen and oxygen atoms in total. The van der Waals surface area contributed by atoms with Gasteiger partial charge in [-0.2, -0.15) is 5.26 Å². The molecule has 0 spiro atoms. The topological polar surface area (TPSA) is 63.9 Å². The molecule has 0 aliphatic heterocycles. The number of nitriles is 1. The van der Waals surface area contributed by atoms with Crippen molar-refractivity contribution in [3.8, 4) is 6.07 Å². The number of thioether (sulfide) groups is 2. The van der Waals surface area contributed by atoms with Crippen LogP contribution in [0.1, 0.15) is 0 Å². The van der Waals surface area contributed by atoms with Gasteiger partial charge in [0.2, 0.25) is 0 Å². The molecule has 60 valence electrons. The highest BCUT2D eigenvalue weighted by molar-refractivity contribution is 8.21. The highest BCUT2D eigenvalue weighted by Crippen LogP contribution is 2.26. The van der Waals surface area contributed by atoms with Crippen molar-refractivity contribution >= 4 is 29.5 Å². The monoisotopic (exact) mass is 188 g/mol. The van der Waals surface area contributed by atoms with Gasteiger partial charge in [-0.15, -0.1) is 23.5 Å². The summed E-state index contributed by atoms with van der Waals surface area (Å²) < 4.78 is 0.479. The van der Waals surface area contributed by atoms with Crippen LogP contribution in [-0.4, -0.2) is 18.5 Å². The molecule has 0 aromatic heterocycles. The van der Waals surface area contributed by atoms with Crippen molar-refractivity contribution in [3.63, 3.8) is 0 Å². The second kappa shape index (κ2) is 5.10. The van der Waals surface area contributed by atoms with Crippen molar-refractivity contribution in [2.75, 3.05) is 12.5 Å². The first kappa shape index (κ1) is 10.4. The van der Waals surface area contributed by atoms with Crippen molar-refractivity contribution < 1.29 is 9.90 Å². The average molecular weight is 188 g/mol. The van der Waals surface area contributed by atoms with E-state index in [0.29, 0.717) is 4.24 Å². The van der Waals surface area contributed by atoms with E-state index in [9.17, 15) is 9.90 Å². The third kappa shape index (κ3) is 2.87. The summed E-state index contributed by atoms with van der Waals surface area (Å²) in [7, 11) is 0. The Bertz CT molecular complexity index is 223. The maximum atomic E-state index is 10.3. The molecular formula is C6H6NO2S2-. The lowest BCUT2D eigenvalue weighted by molar-refractivity contribution is -0.298. The van der Waals surface area contributed by atoms with E-state index in [1.54, 1.807) is 18.6 Å². The van der Waals surface area contributed by atoms with Gasteiger partial charge in [-0.25, -0.2) is 0 Å². The first-order chi connectivity index (χ1) is 5.17. The Morgan fingerprint density at radius 3 is 2.00 bits per heavy atom. The molecule has 0 rings (SSSR count). The van der Waals surface area contributed by atoms with E-state index in [0.717, 1.165) is 0 Å². The zero-order valence-electron chi connectivity index (χ0n) is 6.08. The van der Waals surface area contributed by atoms with Gasteiger partial charge in [-0.3, -0.25) is 0 Å². The van der Waals surface area contributed by atoms with Gasteiger partial charge < -0.3 is 9.90 Å². The third-order valence-electron chi connectivity index (χ3n) is 0.891. The molecular weight excluding hydrogens is 182 g/mol. The highest BCUT2D eigenvalue weighted by atomic mass is 32.2. The predicted molar refractivity (Wildman–Crippen MR) is 44.7 cm³/mol. The van der Waals surface area contributed by atoms with Crippen LogP contribution in [-0.2, 0) is 4.79 Å². The number of carboxylic acid groups (broad SMARTS) is 1. The lowest BCUT2D eigenvalue weighted by atomic mass is 10.3. The molecule has 0 saturated heterocycles. The van der Waals surface area contributed by atoms with Crippen LogP contribution >= 0.6 is 23.5 Å². The first-order valence-electron chi connectivity index (χ1n) is 2.61. The zero-order chi connectivity index (χ0) is 8.85. The van der Waals surface area contributed by atoms with Crippen molar-refractivity contribution in [2.24, 2.45) is 0 Å². The number of nitrogens with zero attached hydrogens (tertiary/aromatic N) is 1. The van der Waals surface area contributed by atoms with Crippen LogP contribution in [0.5, 0.6) is 0 Å². The van der Waals surface area contributed by atoms with Crippen LogP contribution in [0.4, 0.5) is 0 Å². The van der Waals surface area contributed by atoms with E-state index in [4.69, 9.17) is 5.26 Å². The fourth-order valence-electron chi connectivity index (χ4n) is 0.462. The lowest BCUT2D eigenvalue weighted by Crippen LogP contribution is -2.24. The van der Waals surface area contributed by atoms with Gasteiger partial charge in [0.1, 0.15) is 6.07 Å². The Kier molecular flexibility index (Phi) is 4.83. The quantitative estimate of drug-likeness (QED) is 0.467. The van der Waals surface area contributed by atoms with E-state index < -0.39 is 5.97 Å². The van der Waals surface area contributed by atoms with Crippen LogP contribution in [0.2, 0.25) is 0 Å². The fourth-order valence-corrected chi connectivity index (χ4v) is 1.79. The standard InChI is InChI=1S/C6H7NO2S2/c1-10-6(11-2)4(3-7)5(8)9/h1-2H3,(H,8,9)/p-1. The molecule has 0 atom stereocenters. The SMILES string of the molecule is CSC(SC)=C(C#N)C(=O)[O-]. The summed E-state index contributed by atoms with van der Waals surface area (Å²) in [5.74, 6) is -1.41. The zero-order valence-corrected chi connectivity index (χ0v) is 7.71. The molecule has 0 aromatic rings. The van der Waals surface area contributed by atoms with Gasteiger partial charge in [0.15, 0.2) is 0 Å². The van der Waals surface area contributed by atoms with Crippen molar-refractivity contribution in [1.29, 1.82) is 5.26 Å². The van der Waals surface area contributed by atoms with E-state index in [1.807, 2.05) is 0 Å². The Morgan fingerprint density at radius 1 is 1.45 bits per heavy atom. The van der Waals surface area contributed by atoms with Crippen LogP contribution in [0.3, 0.4) is 0 Å². The molecule has 0 aliphatic rings. The number of carbonyl (C=O) groups is 1. The van der Waals surface area contributed by atoms with Gasteiger partial charge >= 0.3 is 0 Å². The predicted octanol–water partition coefficient (Wildman–Crippen LogP) is 0.197. The number of hydrogen-bond acceptors (Lipinski definition) is 5. The number of aliphatic carboxylic acids is 1. The summed E-state index contributed by atoms with van der Waals surface area (Å²) in [5.41, 5.74) is -0.287. The van der Waals surface area contributed by atoms with E-state index >= 15 is 0 Å². The molecule has 11 heavy (non-hydrogen) atoms. The molecule has 0 unspecified atom stereocenters. The number of carbonyl (C=O) groups excluding carboxylic acids is 1. The van der Waals surface area contributed by atoms with Gasteiger partial charge in [0, 0.05) is 0 Å². The maximum absolute atomic E-state index is 10.3. The molecule has 0 heterocycles. The number of carboxylic acids is 1. The minimum absolute atomic E-state index is 0.287. The Hall–Kier alpha value is -0.600. The smallest absolute Gasteiger partial charge is 0.103 e. The number of hydrogen-bond donors (Lipinski definition) is 0. The molecule has 5 heteroatoms. The highest BCUT2D eigenvalue weighted by Gasteiger charge is 2.04. The normalized spacial score (nSPS) is 8.45. The molecule has 0 saturated carbocycles. The van der Waals surface area contributed by atoms with Crippen LogP contribution in [0.25, 0.3) is 0 Å². The fraction of sp³-hybridized carbons (Fsp3) is 0.333. The van der Waals surface area contributed by atoms with E-state index in [2.05, 4.69) is 0 Å². The second-order valence-corrected chi connectivity index (χ2v) is 3.36.